The summed E-state index contributed by atoms with van der Waals surface area (Å²) in [6, 6.07) is 6.24. The van der Waals surface area contributed by atoms with E-state index in [1.165, 1.54) is 25.0 Å². The molecule has 2 heterocycles. The number of likely N-dealkylation sites (tertiary alicyclic amines) is 1. The third-order valence-corrected chi connectivity index (χ3v) is 5.11. The second-order valence-electron chi connectivity index (χ2n) is 6.43. The van der Waals surface area contributed by atoms with E-state index in [1.54, 1.807) is 12.1 Å². The Kier molecular flexibility index (Phi) is 5.81. The van der Waals surface area contributed by atoms with Crippen LogP contribution in [0.15, 0.2) is 24.3 Å². The Bertz CT molecular complexity index is 490. The van der Waals surface area contributed by atoms with Gasteiger partial charge in [0.2, 0.25) is 5.91 Å². The number of amides is 1. The molecule has 3 nitrogen and oxygen atoms in total. The Morgan fingerprint density at radius 2 is 1.68 bits per heavy atom. The molecular formula is C17H24ClFN2O. The standard InChI is InChI=1S/C17H23FN2O.ClH/c18-15-3-1-14(2-4-15)13-16(21)20-11-7-17(8-12-20)5-9-19-10-6-17;/h1-4,19H,5-13H2;1H. The summed E-state index contributed by atoms with van der Waals surface area (Å²) in [6.07, 6.45) is 5.13. The minimum absolute atomic E-state index is 0. The van der Waals surface area contributed by atoms with Gasteiger partial charge in [-0.15, -0.1) is 12.4 Å². The predicted molar refractivity (Wildman–Crippen MR) is 87.7 cm³/mol. The highest BCUT2D eigenvalue weighted by molar-refractivity contribution is 5.85. The Hall–Kier alpha value is -1.13. The van der Waals surface area contributed by atoms with Crippen LogP contribution >= 0.6 is 12.4 Å². The molecule has 2 aliphatic heterocycles. The first-order chi connectivity index (χ1) is 10.2. The van der Waals surface area contributed by atoms with Crippen LogP contribution in [0.2, 0.25) is 0 Å². The van der Waals surface area contributed by atoms with Crippen molar-refractivity contribution in [3.63, 3.8) is 0 Å². The number of carbonyl (C=O) groups is 1. The number of halogens is 2. The molecule has 1 aromatic carbocycles. The third kappa shape index (κ3) is 3.99. The monoisotopic (exact) mass is 326 g/mol. The van der Waals surface area contributed by atoms with E-state index in [9.17, 15) is 9.18 Å². The van der Waals surface area contributed by atoms with Gasteiger partial charge in [-0.05, 0) is 61.9 Å². The molecule has 0 saturated carbocycles. The molecular weight excluding hydrogens is 303 g/mol. The predicted octanol–water partition coefficient (Wildman–Crippen LogP) is 2.78. The van der Waals surface area contributed by atoms with E-state index < -0.39 is 0 Å². The van der Waals surface area contributed by atoms with E-state index >= 15 is 0 Å². The number of benzene rings is 1. The van der Waals surface area contributed by atoms with Crippen LogP contribution in [-0.2, 0) is 11.2 Å². The topological polar surface area (TPSA) is 32.3 Å². The zero-order valence-corrected chi connectivity index (χ0v) is 13.6. The SMILES string of the molecule is Cl.O=C(Cc1ccc(F)cc1)N1CCC2(CCNCC2)CC1. The lowest BCUT2D eigenvalue weighted by atomic mass is 9.71. The first-order valence-electron chi connectivity index (χ1n) is 7.90. The first-order valence-corrected chi connectivity index (χ1v) is 7.90. The minimum Gasteiger partial charge on any atom is -0.342 e. The van der Waals surface area contributed by atoms with Crippen LogP contribution in [0.1, 0.15) is 31.2 Å². The van der Waals surface area contributed by atoms with Gasteiger partial charge in [-0.25, -0.2) is 4.39 Å². The maximum Gasteiger partial charge on any atom is 0.226 e. The number of hydrogen-bond donors (Lipinski definition) is 1. The van der Waals surface area contributed by atoms with E-state index in [-0.39, 0.29) is 24.1 Å². The first kappa shape index (κ1) is 17.2. The summed E-state index contributed by atoms with van der Waals surface area (Å²) < 4.78 is 12.9. The number of carbonyl (C=O) groups excluding carboxylic acids is 1. The average molecular weight is 327 g/mol. The van der Waals surface area contributed by atoms with Crippen LogP contribution in [0.4, 0.5) is 4.39 Å². The zero-order valence-electron chi connectivity index (χ0n) is 12.8. The molecule has 1 spiro atoms. The van der Waals surface area contributed by atoms with Crippen molar-refractivity contribution >= 4 is 18.3 Å². The zero-order chi connectivity index (χ0) is 14.7. The van der Waals surface area contributed by atoms with Crippen molar-refractivity contribution in [2.45, 2.75) is 32.1 Å². The van der Waals surface area contributed by atoms with Crippen LogP contribution in [0.3, 0.4) is 0 Å². The summed E-state index contributed by atoms with van der Waals surface area (Å²) in [7, 11) is 0. The highest BCUT2D eigenvalue weighted by Gasteiger charge is 2.36. The van der Waals surface area contributed by atoms with Crippen LogP contribution in [0.25, 0.3) is 0 Å². The lowest BCUT2D eigenvalue weighted by molar-refractivity contribution is -0.133. The van der Waals surface area contributed by atoms with Gasteiger partial charge in [-0.3, -0.25) is 4.79 Å². The van der Waals surface area contributed by atoms with Crippen molar-refractivity contribution in [1.29, 1.82) is 0 Å². The van der Waals surface area contributed by atoms with Gasteiger partial charge in [0.1, 0.15) is 5.82 Å². The van der Waals surface area contributed by atoms with Crippen LogP contribution in [-0.4, -0.2) is 37.0 Å². The van der Waals surface area contributed by atoms with Gasteiger partial charge < -0.3 is 10.2 Å². The average Bonchev–Trinajstić information content (AvgIpc) is 2.51. The highest BCUT2D eigenvalue weighted by Crippen LogP contribution is 2.39. The Labute approximate surface area is 137 Å². The van der Waals surface area contributed by atoms with Crippen LogP contribution in [0, 0.1) is 11.2 Å². The Morgan fingerprint density at radius 3 is 2.27 bits per heavy atom. The minimum atomic E-state index is -0.253. The van der Waals surface area contributed by atoms with Gasteiger partial charge in [0.25, 0.3) is 0 Å². The van der Waals surface area contributed by atoms with E-state index in [2.05, 4.69) is 5.32 Å². The number of rotatable bonds is 2. The molecule has 0 aliphatic carbocycles. The van der Waals surface area contributed by atoms with Gasteiger partial charge >= 0.3 is 0 Å². The largest absolute Gasteiger partial charge is 0.342 e. The fourth-order valence-corrected chi connectivity index (χ4v) is 3.58. The van der Waals surface area contributed by atoms with Gasteiger partial charge in [0, 0.05) is 13.1 Å². The molecule has 0 radical (unpaired) electrons. The second kappa shape index (κ2) is 7.42. The number of hydrogen-bond acceptors (Lipinski definition) is 2. The van der Waals surface area contributed by atoms with Crippen LogP contribution < -0.4 is 5.32 Å². The normalized spacial score (nSPS) is 20.5. The summed E-state index contributed by atoms with van der Waals surface area (Å²) in [5.41, 5.74) is 1.36. The molecule has 1 amide bonds. The van der Waals surface area contributed by atoms with Crippen molar-refractivity contribution in [1.82, 2.24) is 10.2 Å². The lowest BCUT2D eigenvalue weighted by Crippen LogP contribution is -2.47. The van der Waals surface area contributed by atoms with Crippen molar-refractivity contribution < 1.29 is 9.18 Å². The smallest absolute Gasteiger partial charge is 0.226 e. The van der Waals surface area contributed by atoms with E-state index in [4.69, 9.17) is 0 Å². The molecule has 3 rings (SSSR count). The van der Waals surface area contributed by atoms with Gasteiger partial charge in [-0.2, -0.15) is 0 Å². The molecule has 5 heteroatoms. The number of nitrogens with zero attached hydrogens (tertiary/aromatic N) is 1. The molecule has 0 atom stereocenters. The highest BCUT2D eigenvalue weighted by atomic mass is 35.5. The fourth-order valence-electron chi connectivity index (χ4n) is 3.58. The van der Waals surface area contributed by atoms with E-state index in [1.807, 2.05) is 4.90 Å². The van der Waals surface area contributed by atoms with Gasteiger partial charge in [0.05, 0.1) is 6.42 Å². The number of piperidine rings is 2. The summed E-state index contributed by atoms with van der Waals surface area (Å²) in [4.78, 5) is 14.3. The lowest BCUT2D eigenvalue weighted by Gasteiger charge is -2.44. The van der Waals surface area contributed by atoms with Crippen molar-refractivity contribution in [2.24, 2.45) is 5.41 Å². The molecule has 122 valence electrons. The van der Waals surface area contributed by atoms with Gasteiger partial charge in [-0.1, -0.05) is 12.1 Å². The van der Waals surface area contributed by atoms with Crippen molar-refractivity contribution in [3.8, 4) is 0 Å². The van der Waals surface area contributed by atoms with Gasteiger partial charge in [0.15, 0.2) is 0 Å². The molecule has 1 aromatic rings. The summed E-state index contributed by atoms with van der Waals surface area (Å²) in [6.45, 7) is 3.98. The third-order valence-electron chi connectivity index (χ3n) is 5.11. The molecule has 0 unspecified atom stereocenters. The second-order valence-corrected chi connectivity index (χ2v) is 6.43. The Morgan fingerprint density at radius 1 is 1.09 bits per heavy atom. The number of nitrogens with one attached hydrogen (secondary N) is 1. The van der Waals surface area contributed by atoms with Crippen molar-refractivity contribution in [2.75, 3.05) is 26.2 Å². The molecule has 2 aliphatic rings. The quantitative estimate of drug-likeness (QED) is 0.906. The van der Waals surface area contributed by atoms with E-state index in [0.717, 1.165) is 44.6 Å². The van der Waals surface area contributed by atoms with Crippen LogP contribution in [0.5, 0.6) is 0 Å². The fraction of sp³-hybridized carbons (Fsp3) is 0.588. The molecule has 2 saturated heterocycles. The molecule has 0 aromatic heterocycles. The summed E-state index contributed by atoms with van der Waals surface area (Å²) in [5.74, 6) is -0.0811. The molecule has 22 heavy (non-hydrogen) atoms. The molecule has 2 fully saturated rings. The maximum atomic E-state index is 12.9. The summed E-state index contributed by atoms with van der Waals surface area (Å²) in [5, 5.41) is 3.42. The summed E-state index contributed by atoms with van der Waals surface area (Å²) >= 11 is 0. The Balaban J connectivity index is 0.00000176. The molecule has 0 bridgehead atoms. The molecule has 1 N–H and O–H groups in total. The van der Waals surface area contributed by atoms with Crippen molar-refractivity contribution in [3.05, 3.63) is 35.6 Å². The van der Waals surface area contributed by atoms with E-state index in [0.29, 0.717) is 11.8 Å². The maximum absolute atomic E-state index is 12.9.